The normalized spacial score (nSPS) is 11.0. The molecule has 0 saturated carbocycles. The molecule has 1 aromatic heterocycles. The highest BCUT2D eigenvalue weighted by Gasteiger charge is 2.09. The fourth-order valence-corrected chi connectivity index (χ4v) is 2.72. The van der Waals surface area contributed by atoms with Crippen LogP contribution >= 0.6 is 11.3 Å². The molecule has 0 saturated heterocycles. The maximum Gasteiger partial charge on any atom is 0.129 e. The molecule has 0 fully saturated rings. The minimum absolute atomic E-state index is 1.23. The third kappa shape index (κ3) is 2.73. The zero-order valence-electron chi connectivity index (χ0n) is 9.91. The van der Waals surface area contributed by atoms with Gasteiger partial charge in [-0.1, -0.05) is 25.6 Å². The first-order valence-electron chi connectivity index (χ1n) is 4.91. The first-order chi connectivity index (χ1) is 6.31. The van der Waals surface area contributed by atoms with Crippen LogP contribution in [0.1, 0.15) is 20.9 Å². The van der Waals surface area contributed by atoms with Crippen molar-refractivity contribution in [3.63, 3.8) is 0 Å². The van der Waals surface area contributed by atoms with Gasteiger partial charge in [-0.2, -0.15) is 0 Å². The Kier molecular flexibility index (Phi) is 3.23. The van der Waals surface area contributed by atoms with Crippen molar-refractivity contribution >= 4 is 19.4 Å². The van der Waals surface area contributed by atoms with E-state index in [0.717, 1.165) is 0 Å². The summed E-state index contributed by atoms with van der Waals surface area (Å²) in [6.07, 6.45) is 0. The summed E-state index contributed by atoms with van der Waals surface area (Å²) in [5.41, 5.74) is 6.20. The molecule has 1 aromatic rings. The van der Waals surface area contributed by atoms with E-state index in [2.05, 4.69) is 51.9 Å². The zero-order valence-corrected chi connectivity index (χ0v) is 11.7. The lowest BCUT2D eigenvalue weighted by Gasteiger charge is -2.02. The van der Waals surface area contributed by atoms with E-state index in [9.17, 15) is 0 Å². The highest BCUT2D eigenvalue weighted by Crippen LogP contribution is 2.25. The first kappa shape index (κ1) is 11.6. The fraction of sp³-hybridized carbons (Fsp3) is 0.500. The van der Waals surface area contributed by atoms with Gasteiger partial charge in [0.25, 0.3) is 0 Å². The monoisotopic (exact) mass is 222 g/mol. The molecule has 2 heteroatoms. The van der Waals surface area contributed by atoms with Crippen molar-refractivity contribution in [1.29, 1.82) is 0 Å². The van der Waals surface area contributed by atoms with E-state index >= 15 is 0 Å². The molecule has 0 N–H and O–H groups in total. The van der Waals surface area contributed by atoms with Crippen LogP contribution in [0.2, 0.25) is 19.6 Å². The summed E-state index contributed by atoms with van der Waals surface area (Å²) < 4.78 is 0. The Morgan fingerprint density at radius 2 is 1.57 bits per heavy atom. The molecule has 0 amide bonds. The molecule has 1 rings (SSSR count). The quantitative estimate of drug-likeness (QED) is 0.461. The molecular formula is C12H18SSi. The highest BCUT2D eigenvalue weighted by atomic mass is 32.1. The summed E-state index contributed by atoms with van der Waals surface area (Å²) in [5, 5.41) is 0. The smallest absolute Gasteiger partial charge is 0.129 e. The topological polar surface area (TPSA) is 0 Å². The fourth-order valence-electron chi connectivity index (χ4n) is 1.10. The molecule has 14 heavy (non-hydrogen) atoms. The van der Waals surface area contributed by atoms with Crippen LogP contribution in [-0.4, -0.2) is 8.07 Å². The lowest BCUT2D eigenvalue weighted by atomic mass is 10.1. The van der Waals surface area contributed by atoms with Gasteiger partial charge in [-0.15, -0.1) is 16.9 Å². The number of hydrogen-bond donors (Lipinski definition) is 0. The Bertz CT molecular complexity index is 396. The lowest BCUT2D eigenvalue weighted by Crippen LogP contribution is -2.16. The molecule has 76 valence electrons. The minimum Gasteiger partial charge on any atom is -0.131 e. The van der Waals surface area contributed by atoms with Crippen LogP contribution in [-0.2, 0) is 0 Å². The molecule has 0 aliphatic heterocycles. The lowest BCUT2D eigenvalue weighted by molar-refractivity contribution is 1.34. The molecule has 0 unspecified atom stereocenters. The molecule has 0 atom stereocenters. The molecule has 0 aromatic carbocycles. The van der Waals surface area contributed by atoms with Gasteiger partial charge < -0.3 is 0 Å². The molecule has 0 aliphatic rings. The van der Waals surface area contributed by atoms with Crippen LogP contribution in [0.15, 0.2) is 0 Å². The van der Waals surface area contributed by atoms with Crippen molar-refractivity contribution in [2.45, 2.75) is 40.4 Å². The third-order valence-corrected chi connectivity index (χ3v) is 4.34. The number of hydrogen-bond acceptors (Lipinski definition) is 1. The van der Waals surface area contributed by atoms with E-state index in [-0.39, 0.29) is 0 Å². The van der Waals surface area contributed by atoms with Gasteiger partial charge >= 0.3 is 0 Å². The summed E-state index contributed by atoms with van der Waals surface area (Å²) in [5.74, 6) is 3.34. The van der Waals surface area contributed by atoms with Crippen molar-refractivity contribution in [1.82, 2.24) is 0 Å². The van der Waals surface area contributed by atoms with Crippen molar-refractivity contribution in [2.24, 2.45) is 0 Å². The van der Waals surface area contributed by atoms with Crippen LogP contribution in [0.25, 0.3) is 0 Å². The molecule has 0 spiro atoms. The first-order valence-corrected chi connectivity index (χ1v) is 9.22. The van der Waals surface area contributed by atoms with E-state index in [1.807, 2.05) is 11.3 Å². The number of rotatable bonds is 0. The average Bonchev–Trinajstić information content (AvgIpc) is 2.28. The molecule has 0 bridgehead atoms. The van der Waals surface area contributed by atoms with E-state index in [0.29, 0.717) is 0 Å². The van der Waals surface area contributed by atoms with Gasteiger partial charge in [0.2, 0.25) is 0 Å². The van der Waals surface area contributed by atoms with Crippen molar-refractivity contribution in [3.8, 4) is 11.5 Å². The summed E-state index contributed by atoms with van der Waals surface area (Å²) >= 11 is 1.83. The largest absolute Gasteiger partial charge is 0.131 e. The summed E-state index contributed by atoms with van der Waals surface area (Å²) in [7, 11) is -1.23. The average molecular weight is 222 g/mol. The minimum atomic E-state index is -1.23. The second-order valence-corrected chi connectivity index (χ2v) is 10.7. The van der Waals surface area contributed by atoms with Crippen LogP contribution in [0.3, 0.4) is 0 Å². The van der Waals surface area contributed by atoms with Gasteiger partial charge in [0.1, 0.15) is 8.07 Å². The van der Waals surface area contributed by atoms with Crippen LogP contribution in [0, 0.1) is 32.2 Å². The zero-order chi connectivity index (χ0) is 10.9. The van der Waals surface area contributed by atoms with Crippen molar-refractivity contribution < 1.29 is 0 Å². The molecule has 0 aliphatic carbocycles. The van der Waals surface area contributed by atoms with Crippen LogP contribution < -0.4 is 0 Å². The van der Waals surface area contributed by atoms with Gasteiger partial charge in [-0.3, -0.25) is 0 Å². The van der Waals surface area contributed by atoms with E-state index in [1.54, 1.807) is 0 Å². The third-order valence-electron chi connectivity index (χ3n) is 2.24. The van der Waals surface area contributed by atoms with Crippen LogP contribution in [0.5, 0.6) is 0 Å². The van der Waals surface area contributed by atoms with Gasteiger partial charge in [0.05, 0.1) is 4.88 Å². The maximum absolute atomic E-state index is 3.42. The molecule has 1 heterocycles. The summed E-state index contributed by atoms with van der Waals surface area (Å²) in [6.45, 7) is 13.4. The molecule has 0 nitrogen and oxygen atoms in total. The second kappa shape index (κ2) is 3.92. The molecular weight excluding hydrogens is 204 g/mol. The van der Waals surface area contributed by atoms with E-state index in [4.69, 9.17) is 0 Å². The predicted octanol–water partition coefficient (Wildman–Crippen LogP) is 3.90. The summed E-state index contributed by atoms with van der Waals surface area (Å²) in [6, 6.07) is 0. The Morgan fingerprint density at radius 3 is 1.93 bits per heavy atom. The van der Waals surface area contributed by atoms with E-state index < -0.39 is 8.07 Å². The number of thiophene rings is 1. The van der Waals surface area contributed by atoms with Gasteiger partial charge in [-0.05, 0) is 31.9 Å². The molecule has 0 radical (unpaired) electrons. The summed E-state index contributed by atoms with van der Waals surface area (Å²) in [4.78, 5) is 2.67. The Morgan fingerprint density at radius 1 is 1.00 bits per heavy atom. The van der Waals surface area contributed by atoms with E-state index in [1.165, 1.54) is 20.9 Å². The van der Waals surface area contributed by atoms with Crippen molar-refractivity contribution in [3.05, 3.63) is 20.9 Å². The second-order valence-electron chi connectivity index (χ2n) is 4.74. The Balaban J connectivity index is 3.08. The highest BCUT2D eigenvalue weighted by molar-refractivity contribution is 7.12. The maximum atomic E-state index is 3.42. The Hall–Kier alpha value is -0.523. The van der Waals surface area contributed by atoms with Gasteiger partial charge in [-0.25, -0.2) is 0 Å². The van der Waals surface area contributed by atoms with Crippen molar-refractivity contribution in [2.75, 3.05) is 0 Å². The van der Waals surface area contributed by atoms with Crippen LogP contribution in [0.4, 0.5) is 0 Å². The SMILES string of the molecule is Cc1sc(C#C[Si](C)(C)C)c(C)c1C. The van der Waals surface area contributed by atoms with Gasteiger partial charge in [0, 0.05) is 4.88 Å². The Labute approximate surface area is 92.4 Å². The standard InChI is InChI=1S/C12H18SSi/c1-9-10(2)12(13-11(9)3)7-8-14(4,5)6/h1-6H3. The predicted molar refractivity (Wildman–Crippen MR) is 68.8 cm³/mol. The van der Waals surface area contributed by atoms with Gasteiger partial charge in [0.15, 0.2) is 0 Å². The number of aryl methyl sites for hydroxylation is 1.